The summed E-state index contributed by atoms with van der Waals surface area (Å²) in [5, 5.41) is 7.49. The summed E-state index contributed by atoms with van der Waals surface area (Å²) in [6, 6.07) is 10.1. The maximum atomic E-state index is 13.1. The molecule has 2 aromatic rings. The summed E-state index contributed by atoms with van der Waals surface area (Å²) in [5.74, 6) is 0.385. The fraction of sp³-hybridized carbons (Fsp3) is 0.500. The first kappa shape index (κ1) is 18.7. The molecule has 0 aliphatic carbocycles. The Morgan fingerprint density at radius 2 is 1.93 bits per heavy atom. The minimum Gasteiger partial charge on any atom is -0.340 e. The van der Waals surface area contributed by atoms with E-state index in [1.807, 2.05) is 17.2 Å². The lowest BCUT2D eigenvalue weighted by Gasteiger charge is -2.36. The lowest BCUT2D eigenvalue weighted by atomic mass is 9.90. The van der Waals surface area contributed by atoms with Crippen LogP contribution in [0.2, 0.25) is 0 Å². The third-order valence-corrected chi connectivity index (χ3v) is 6.07. The number of rotatable bonds is 4. The zero-order valence-electron chi connectivity index (χ0n) is 16.4. The second-order valence-corrected chi connectivity index (χ2v) is 7.97. The predicted molar refractivity (Wildman–Crippen MR) is 107 cm³/mol. The van der Waals surface area contributed by atoms with Gasteiger partial charge in [-0.25, -0.2) is 0 Å². The summed E-state index contributed by atoms with van der Waals surface area (Å²) in [7, 11) is 0. The van der Waals surface area contributed by atoms with Crippen LogP contribution in [0.4, 0.5) is 0 Å². The van der Waals surface area contributed by atoms with Gasteiger partial charge in [0.2, 0.25) is 11.8 Å². The van der Waals surface area contributed by atoms with Crippen LogP contribution in [-0.4, -0.2) is 57.5 Å². The predicted octanol–water partition coefficient (Wildman–Crippen LogP) is 2.72. The highest BCUT2D eigenvalue weighted by molar-refractivity contribution is 5.87. The molecule has 148 valence electrons. The van der Waals surface area contributed by atoms with Crippen molar-refractivity contribution in [1.29, 1.82) is 0 Å². The second kappa shape index (κ2) is 8.17. The minimum absolute atomic E-state index is 0.00289. The zero-order valence-corrected chi connectivity index (χ0v) is 16.4. The molecule has 2 saturated heterocycles. The van der Waals surface area contributed by atoms with E-state index in [0.29, 0.717) is 13.1 Å². The van der Waals surface area contributed by atoms with E-state index in [-0.39, 0.29) is 23.8 Å². The number of nitrogens with zero attached hydrogens (tertiary/aromatic N) is 3. The number of benzene rings is 1. The number of nitrogens with one attached hydrogen (secondary N) is 1. The van der Waals surface area contributed by atoms with Gasteiger partial charge in [0, 0.05) is 44.6 Å². The molecule has 0 saturated carbocycles. The van der Waals surface area contributed by atoms with Gasteiger partial charge in [0.05, 0.1) is 6.20 Å². The van der Waals surface area contributed by atoms with E-state index in [9.17, 15) is 9.59 Å². The van der Waals surface area contributed by atoms with Gasteiger partial charge in [0.1, 0.15) is 6.04 Å². The summed E-state index contributed by atoms with van der Waals surface area (Å²) in [5.41, 5.74) is 3.62. The average Bonchev–Trinajstić information content (AvgIpc) is 3.38. The highest BCUT2D eigenvalue weighted by atomic mass is 16.2. The van der Waals surface area contributed by atoms with Gasteiger partial charge < -0.3 is 9.80 Å². The maximum Gasteiger partial charge on any atom is 0.245 e. The van der Waals surface area contributed by atoms with Gasteiger partial charge >= 0.3 is 0 Å². The van der Waals surface area contributed by atoms with Gasteiger partial charge in [-0.05, 0) is 36.8 Å². The SMILES string of the molecule is CC(=O)N1CCC[C@H]1C(=O)N1CCCC(c2[nH]ncc2Cc2ccccc2)C1. The van der Waals surface area contributed by atoms with Gasteiger partial charge in [-0.3, -0.25) is 14.7 Å². The van der Waals surface area contributed by atoms with Gasteiger partial charge in [-0.15, -0.1) is 0 Å². The topological polar surface area (TPSA) is 69.3 Å². The van der Waals surface area contributed by atoms with Crippen LogP contribution in [0.1, 0.15) is 55.3 Å². The van der Waals surface area contributed by atoms with Crippen LogP contribution >= 0.6 is 0 Å². The van der Waals surface area contributed by atoms with Gasteiger partial charge in [-0.1, -0.05) is 30.3 Å². The highest BCUT2D eigenvalue weighted by Gasteiger charge is 2.37. The Morgan fingerprint density at radius 3 is 2.71 bits per heavy atom. The van der Waals surface area contributed by atoms with E-state index < -0.39 is 0 Å². The third kappa shape index (κ3) is 3.81. The van der Waals surface area contributed by atoms with Gasteiger partial charge in [-0.2, -0.15) is 5.10 Å². The molecule has 4 rings (SSSR count). The smallest absolute Gasteiger partial charge is 0.245 e. The fourth-order valence-corrected chi connectivity index (χ4v) is 4.66. The number of aromatic nitrogens is 2. The van der Waals surface area contributed by atoms with Crippen molar-refractivity contribution in [2.45, 2.75) is 51.0 Å². The third-order valence-electron chi connectivity index (χ3n) is 6.07. The minimum atomic E-state index is -0.276. The number of carbonyl (C=O) groups excluding carboxylic acids is 2. The molecule has 1 N–H and O–H groups in total. The van der Waals surface area contributed by atoms with E-state index in [2.05, 4.69) is 34.5 Å². The van der Waals surface area contributed by atoms with Crippen LogP contribution in [0.5, 0.6) is 0 Å². The number of aromatic amines is 1. The fourth-order valence-electron chi connectivity index (χ4n) is 4.66. The first-order valence-electron chi connectivity index (χ1n) is 10.3. The molecule has 28 heavy (non-hydrogen) atoms. The lowest BCUT2D eigenvalue weighted by molar-refractivity contribution is -0.143. The maximum absolute atomic E-state index is 13.1. The van der Waals surface area contributed by atoms with Crippen molar-refractivity contribution in [3.8, 4) is 0 Å². The van der Waals surface area contributed by atoms with Gasteiger partial charge in [0.25, 0.3) is 0 Å². The van der Waals surface area contributed by atoms with E-state index in [1.165, 1.54) is 11.1 Å². The number of carbonyl (C=O) groups is 2. The van der Waals surface area contributed by atoms with Crippen LogP contribution in [0.25, 0.3) is 0 Å². The number of piperidine rings is 1. The van der Waals surface area contributed by atoms with Crippen molar-refractivity contribution in [2.24, 2.45) is 0 Å². The second-order valence-electron chi connectivity index (χ2n) is 7.97. The number of hydrogen-bond acceptors (Lipinski definition) is 3. The molecule has 2 aliphatic heterocycles. The van der Waals surface area contributed by atoms with E-state index >= 15 is 0 Å². The molecule has 3 heterocycles. The highest BCUT2D eigenvalue weighted by Crippen LogP contribution is 2.30. The molecule has 2 fully saturated rings. The molecule has 0 radical (unpaired) electrons. The molecule has 0 bridgehead atoms. The Morgan fingerprint density at radius 1 is 1.14 bits per heavy atom. The number of hydrogen-bond donors (Lipinski definition) is 1. The molecule has 2 atom stereocenters. The molecule has 6 nitrogen and oxygen atoms in total. The van der Waals surface area contributed by atoms with Crippen LogP contribution in [-0.2, 0) is 16.0 Å². The Kier molecular flexibility index (Phi) is 5.46. The van der Waals surface area contributed by atoms with Crippen molar-refractivity contribution in [3.05, 3.63) is 53.3 Å². The largest absolute Gasteiger partial charge is 0.340 e. The summed E-state index contributed by atoms with van der Waals surface area (Å²) >= 11 is 0. The van der Waals surface area contributed by atoms with Crippen molar-refractivity contribution >= 4 is 11.8 Å². The van der Waals surface area contributed by atoms with E-state index in [1.54, 1.807) is 11.8 Å². The first-order valence-corrected chi connectivity index (χ1v) is 10.3. The van der Waals surface area contributed by atoms with Crippen molar-refractivity contribution in [2.75, 3.05) is 19.6 Å². The molecule has 2 aliphatic rings. The monoisotopic (exact) mass is 380 g/mol. The van der Waals surface area contributed by atoms with E-state index in [4.69, 9.17) is 0 Å². The van der Waals surface area contributed by atoms with Gasteiger partial charge in [0.15, 0.2) is 0 Å². The molecule has 1 aromatic heterocycles. The van der Waals surface area contributed by atoms with Crippen LogP contribution in [0.15, 0.2) is 36.5 Å². The number of H-pyrrole nitrogens is 1. The quantitative estimate of drug-likeness (QED) is 0.887. The first-order chi connectivity index (χ1) is 13.6. The number of likely N-dealkylation sites (tertiary alicyclic amines) is 2. The zero-order chi connectivity index (χ0) is 19.5. The molecule has 1 aromatic carbocycles. The summed E-state index contributed by atoms with van der Waals surface area (Å²) in [6.07, 6.45) is 6.48. The molecule has 1 unspecified atom stereocenters. The normalized spacial score (nSPS) is 22.5. The van der Waals surface area contributed by atoms with Crippen molar-refractivity contribution in [3.63, 3.8) is 0 Å². The van der Waals surface area contributed by atoms with Crippen LogP contribution < -0.4 is 0 Å². The molecule has 6 heteroatoms. The number of amides is 2. The Labute approximate surface area is 165 Å². The molecule has 2 amide bonds. The molecular weight excluding hydrogens is 352 g/mol. The average molecular weight is 380 g/mol. The molecular formula is C22H28N4O2. The Balaban J connectivity index is 1.47. The summed E-state index contributed by atoms with van der Waals surface area (Å²) in [4.78, 5) is 28.7. The standard InChI is InChI=1S/C22H28N4O2/c1-16(27)26-12-6-10-20(26)22(28)25-11-5-9-18(15-25)21-19(14-23-24-21)13-17-7-3-2-4-8-17/h2-4,7-8,14,18,20H,5-6,9-13,15H2,1H3,(H,23,24)/t18?,20-/m0/s1. The lowest BCUT2D eigenvalue weighted by Crippen LogP contribution is -2.50. The summed E-state index contributed by atoms with van der Waals surface area (Å²) < 4.78 is 0. The van der Waals surface area contributed by atoms with Crippen molar-refractivity contribution < 1.29 is 9.59 Å². The molecule has 0 spiro atoms. The Bertz CT molecular complexity index is 832. The summed E-state index contributed by atoms with van der Waals surface area (Å²) in [6.45, 7) is 3.74. The van der Waals surface area contributed by atoms with Crippen LogP contribution in [0.3, 0.4) is 0 Å². The van der Waals surface area contributed by atoms with Crippen LogP contribution in [0, 0.1) is 0 Å². The Hall–Kier alpha value is -2.63. The van der Waals surface area contributed by atoms with Crippen molar-refractivity contribution in [1.82, 2.24) is 20.0 Å². The van der Waals surface area contributed by atoms with E-state index in [0.717, 1.165) is 44.3 Å².